The monoisotopic (exact) mass is 474 g/mol. The van der Waals surface area contributed by atoms with Gasteiger partial charge < -0.3 is 4.74 Å². The average molecular weight is 475 g/mol. The molecular weight excluding hydrogens is 452 g/mol. The molecule has 1 aliphatic heterocycles. The molecule has 0 unspecified atom stereocenters. The van der Waals surface area contributed by atoms with E-state index in [-0.39, 0.29) is 30.4 Å². The Morgan fingerprint density at radius 1 is 0.912 bits per heavy atom. The molecule has 1 saturated heterocycles. The van der Waals surface area contributed by atoms with Gasteiger partial charge >= 0.3 is 6.09 Å². The van der Waals surface area contributed by atoms with Crippen LogP contribution in [0.25, 0.3) is 10.9 Å². The summed E-state index contributed by atoms with van der Waals surface area (Å²) in [5, 5.41) is 0.736. The van der Waals surface area contributed by atoms with E-state index < -0.39 is 22.0 Å². The first-order valence-electron chi connectivity index (χ1n) is 10.9. The van der Waals surface area contributed by atoms with Gasteiger partial charge in [-0.25, -0.2) is 22.1 Å². The van der Waals surface area contributed by atoms with Gasteiger partial charge in [-0.3, -0.25) is 4.79 Å². The fraction of sp³-hybridized carbons (Fsp3) is 0.154. The number of cyclic esters (lactones) is 1. The molecule has 4 aromatic rings. The SMILES string of the molecule is O=C1OCCN1C(=O)[C@H](Cc1cn(S(=O)(=O)c2ccccc2)c2ccccc12)c1ccccc1. The third-order valence-electron chi connectivity index (χ3n) is 6.01. The number of carbonyl (C=O) groups is 2. The van der Waals surface area contributed by atoms with Crippen LogP contribution in [0.15, 0.2) is 96.0 Å². The maximum atomic E-state index is 13.4. The Morgan fingerprint density at radius 3 is 2.24 bits per heavy atom. The minimum Gasteiger partial charge on any atom is -0.447 e. The van der Waals surface area contributed by atoms with Crippen LogP contribution in [0.1, 0.15) is 17.0 Å². The summed E-state index contributed by atoms with van der Waals surface area (Å²) in [6.45, 7) is 0.367. The zero-order valence-electron chi connectivity index (χ0n) is 18.2. The molecule has 0 aliphatic carbocycles. The number of benzene rings is 3. The van der Waals surface area contributed by atoms with Crippen molar-refractivity contribution >= 4 is 32.9 Å². The van der Waals surface area contributed by atoms with E-state index in [1.807, 2.05) is 42.5 Å². The molecule has 8 heteroatoms. The van der Waals surface area contributed by atoms with Crippen LogP contribution in [0.3, 0.4) is 0 Å². The first kappa shape index (κ1) is 21.9. The molecule has 5 rings (SSSR count). The summed E-state index contributed by atoms with van der Waals surface area (Å²) in [6, 6.07) is 24.6. The number of fused-ring (bicyclic) bond motifs is 1. The number of amides is 2. The molecular formula is C26H22N2O5S. The van der Waals surface area contributed by atoms with Gasteiger partial charge in [-0.1, -0.05) is 66.7 Å². The number of rotatable bonds is 6. The number of ether oxygens (including phenoxy) is 1. The Labute approximate surface area is 197 Å². The summed E-state index contributed by atoms with van der Waals surface area (Å²) >= 11 is 0. The molecule has 2 amide bonds. The second-order valence-corrected chi connectivity index (χ2v) is 9.87. The van der Waals surface area contributed by atoms with Gasteiger partial charge in [-0.2, -0.15) is 0 Å². The zero-order valence-corrected chi connectivity index (χ0v) is 19.0. The minimum absolute atomic E-state index is 0.167. The van der Waals surface area contributed by atoms with Gasteiger partial charge in [0.05, 0.1) is 22.9 Å². The van der Waals surface area contributed by atoms with Gasteiger partial charge in [-0.05, 0) is 35.7 Å². The van der Waals surface area contributed by atoms with Crippen molar-refractivity contribution in [3.63, 3.8) is 0 Å². The lowest BCUT2D eigenvalue weighted by Crippen LogP contribution is -2.36. The second-order valence-electron chi connectivity index (χ2n) is 8.06. The van der Waals surface area contributed by atoms with Gasteiger partial charge in [0, 0.05) is 11.6 Å². The molecule has 0 spiro atoms. The second kappa shape index (κ2) is 8.79. The maximum Gasteiger partial charge on any atom is 0.416 e. The van der Waals surface area contributed by atoms with Crippen molar-refractivity contribution in [1.29, 1.82) is 0 Å². The summed E-state index contributed by atoms with van der Waals surface area (Å²) in [4.78, 5) is 26.8. The van der Waals surface area contributed by atoms with E-state index >= 15 is 0 Å². The summed E-state index contributed by atoms with van der Waals surface area (Å²) < 4.78 is 33.1. The van der Waals surface area contributed by atoms with E-state index in [0.29, 0.717) is 11.1 Å². The molecule has 1 aliphatic rings. The van der Waals surface area contributed by atoms with E-state index in [2.05, 4.69) is 0 Å². The highest BCUT2D eigenvalue weighted by molar-refractivity contribution is 7.90. The minimum atomic E-state index is -3.84. The molecule has 3 aromatic carbocycles. The van der Waals surface area contributed by atoms with E-state index in [4.69, 9.17) is 4.74 Å². The molecule has 0 N–H and O–H groups in total. The molecule has 0 radical (unpaired) electrons. The van der Waals surface area contributed by atoms with Gasteiger partial charge in [0.25, 0.3) is 10.0 Å². The Balaban J connectivity index is 1.61. The Hall–Kier alpha value is -3.91. The number of imide groups is 1. The van der Waals surface area contributed by atoms with Crippen LogP contribution < -0.4 is 0 Å². The fourth-order valence-corrected chi connectivity index (χ4v) is 5.73. The Kier molecular flexibility index (Phi) is 5.67. The van der Waals surface area contributed by atoms with Crippen LogP contribution in [0.5, 0.6) is 0 Å². The number of nitrogens with zero attached hydrogens (tertiary/aromatic N) is 2. The van der Waals surface area contributed by atoms with Crippen molar-refractivity contribution < 1.29 is 22.7 Å². The van der Waals surface area contributed by atoms with Crippen molar-refractivity contribution in [2.75, 3.05) is 13.2 Å². The smallest absolute Gasteiger partial charge is 0.416 e. The summed E-state index contributed by atoms with van der Waals surface area (Å²) in [7, 11) is -3.84. The topological polar surface area (TPSA) is 85.7 Å². The lowest BCUT2D eigenvalue weighted by Gasteiger charge is -2.20. The molecule has 0 saturated carbocycles. The van der Waals surface area contributed by atoms with E-state index in [0.717, 1.165) is 15.8 Å². The molecule has 172 valence electrons. The molecule has 0 bridgehead atoms. The summed E-state index contributed by atoms with van der Waals surface area (Å²) in [5.41, 5.74) is 1.97. The van der Waals surface area contributed by atoms with Crippen LogP contribution in [0, 0.1) is 0 Å². The highest BCUT2D eigenvalue weighted by atomic mass is 32.2. The molecule has 1 fully saturated rings. The number of hydrogen-bond acceptors (Lipinski definition) is 5. The van der Waals surface area contributed by atoms with Gasteiger partial charge in [0.2, 0.25) is 5.91 Å². The lowest BCUT2D eigenvalue weighted by atomic mass is 9.90. The molecule has 34 heavy (non-hydrogen) atoms. The summed E-state index contributed by atoms with van der Waals surface area (Å²) in [6.07, 6.45) is 1.16. The highest BCUT2D eigenvalue weighted by Crippen LogP contribution is 2.31. The standard InChI is InChI=1S/C26H22N2O5S/c29-25(27-15-16-33-26(27)30)23(19-9-3-1-4-10-19)17-20-18-28(24-14-8-7-13-22(20)24)34(31,32)21-11-5-2-6-12-21/h1-14,18,23H,15-17H2/t23-/m1/s1. The lowest BCUT2D eigenvalue weighted by molar-refractivity contribution is -0.129. The van der Waals surface area contributed by atoms with Gasteiger partial charge in [0.1, 0.15) is 6.61 Å². The van der Waals surface area contributed by atoms with Crippen molar-refractivity contribution in [2.24, 2.45) is 0 Å². The fourth-order valence-electron chi connectivity index (χ4n) is 4.32. The quantitative estimate of drug-likeness (QED) is 0.418. The third-order valence-corrected chi connectivity index (χ3v) is 7.70. The van der Waals surface area contributed by atoms with E-state index in [1.54, 1.807) is 48.7 Å². The number of para-hydroxylation sites is 1. The largest absolute Gasteiger partial charge is 0.447 e. The highest BCUT2D eigenvalue weighted by Gasteiger charge is 2.35. The molecule has 7 nitrogen and oxygen atoms in total. The zero-order chi connectivity index (χ0) is 23.7. The number of carbonyl (C=O) groups excluding carboxylic acids is 2. The van der Waals surface area contributed by atoms with Gasteiger partial charge in [-0.15, -0.1) is 0 Å². The van der Waals surface area contributed by atoms with Crippen molar-refractivity contribution in [1.82, 2.24) is 8.87 Å². The van der Waals surface area contributed by atoms with Gasteiger partial charge in [0.15, 0.2) is 0 Å². The van der Waals surface area contributed by atoms with E-state index in [9.17, 15) is 18.0 Å². The average Bonchev–Trinajstić information content (AvgIpc) is 3.47. The normalized spacial score (nSPS) is 14.8. The van der Waals surface area contributed by atoms with E-state index in [1.165, 1.54) is 3.97 Å². The summed E-state index contributed by atoms with van der Waals surface area (Å²) in [5.74, 6) is -1.04. The van der Waals surface area contributed by atoms with Crippen LogP contribution in [0.4, 0.5) is 4.79 Å². The van der Waals surface area contributed by atoms with Crippen molar-refractivity contribution in [3.8, 4) is 0 Å². The van der Waals surface area contributed by atoms with Crippen LogP contribution in [-0.2, 0) is 26.0 Å². The third kappa shape index (κ3) is 3.86. The van der Waals surface area contributed by atoms with Crippen molar-refractivity contribution in [3.05, 3.63) is 102 Å². The number of hydrogen-bond donors (Lipinski definition) is 0. The maximum absolute atomic E-state index is 13.4. The van der Waals surface area contributed by atoms with Crippen LogP contribution in [0.2, 0.25) is 0 Å². The molecule has 1 atom stereocenters. The first-order valence-corrected chi connectivity index (χ1v) is 12.3. The first-order chi connectivity index (χ1) is 16.5. The number of aromatic nitrogens is 1. The molecule has 1 aromatic heterocycles. The van der Waals surface area contributed by atoms with Crippen LogP contribution >= 0.6 is 0 Å². The Morgan fingerprint density at radius 2 is 1.56 bits per heavy atom. The molecule has 2 heterocycles. The predicted molar refractivity (Wildman–Crippen MR) is 127 cm³/mol. The van der Waals surface area contributed by atoms with Crippen molar-refractivity contribution in [2.45, 2.75) is 17.2 Å². The Bertz CT molecular complexity index is 1460. The predicted octanol–water partition coefficient (Wildman–Crippen LogP) is 4.18. The van der Waals surface area contributed by atoms with Crippen LogP contribution in [-0.4, -0.2) is 42.4 Å².